The number of benzene rings is 1. The molecule has 0 radical (unpaired) electrons. The van der Waals surface area contributed by atoms with Crippen LogP contribution < -0.4 is 4.74 Å². The zero-order chi connectivity index (χ0) is 22.5. The minimum absolute atomic E-state index is 0.0113. The van der Waals surface area contributed by atoms with Crippen molar-refractivity contribution in [2.45, 2.75) is 40.2 Å². The molecule has 5 nitrogen and oxygen atoms in total. The number of fused-ring (bicyclic) bond motifs is 1. The normalized spacial score (nSPS) is 15.8. The summed E-state index contributed by atoms with van der Waals surface area (Å²) >= 11 is 1.68. The van der Waals surface area contributed by atoms with Crippen LogP contribution in [-0.4, -0.2) is 47.9 Å². The Balaban J connectivity index is 1.78. The van der Waals surface area contributed by atoms with Gasteiger partial charge in [-0.05, 0) is 41.5 Å². The molecule has 1 atom stereocenters. The summed E-state index contributed by atoms with van der Waals surface area (Å²) in [4.78, 5) is 30.8. The molecular weight excluding hydrogens is 415 g/mol. The summed E-state index contributed by atoms with van der Waals surface area (Å²) in [7, 11) is 0. The quantitative estimate of drug-likeness (QED) is 0.599. The molecular formula is C24H31FN2O3S. The maximum Gasteiger partial charge on any atom is 0.242 e. The first-order valence-corrected chi connectivity index (χ1v) is 11.7. The van der Waals surface area contributed by atoms with Gasteiger partial charge in [0.15, 0.2) is 0 Å². The first-order valence-electron chi connectivity index (χ1n) is 10.8. The molecule has 1 aromatic heterocycles. The molecule has 0 N–H and O–H groups in total. The van der Waals surface area contributed by atoms with Crippen molar-refractivity contribution in [1.29, 1.82) is 0 Å². The first kappa shape index (κ1) is 23.3. The highest BCUT2D eigenvalue weighted by atomic mass is 32.1. The third kappa shape index (κ3) is 5.85. The Labute approximate surface area is 187 Å². The van der Waals surface area contributed by atoms with E-state index in [9.17, 15) is 14.0 Å². The second kappa shape index (κ2) is 10.3. The molecule has 3 rings (SSSR count). The molecule has 0 fully saturated rings. The molecule has 2 aromatic rings. The highest BCUT2D eigenvalue weighted by Crippen LogP contribution is 2.34. The molecule has 168 valence electrons. The van der Waals surface area contributed by atoms with Gasteiger partial charge in [-0.3, -0.25) is 9.59 Å². The Morgan fingerprint density at radius 3 is 2.71 bits per heavy atom. The SMILES string of the molecule is CC(C)CN(CC(=O)N1CCc2sccc2C1COc1cccc(F)c1)C(=O)C(C)C. The van der Waals surface area contributed by atoms with Gasteiger partial charge in [0.1, 0.15) is 18.2 Å². The number of ether oxygens (including phenoxy) is 1. The number of carbonyl (C=O) groups is 2. The molecule has 0 saturated carbocycles. The molecule has 0 saturated heterocycles. The highest BCUT2D eigenvalue weighted by Gasteiger charge is 2.33. The zero-order valence-electron chi connectivity index (χ0n) is 18.6. The van der Waals surface area contributed by atoms with E-state index in [4.69, 9.17) is 4.74 Å². The van der Waals surface area contributed by atoms with Crippen molar-refractivity contribution < 1.29 is 18.7 Å². The predicted molar refractivity (Wildman–Crippen MR) is 121 cm³/mol. The Kier molecular flexibility index (Phi) is 7.70. The van der Waals surface area contributed by atoms with E-state index in [0.29, 0.717) is 18.8 Å². The summed E-state index contributed by atoms with van der Waals surface area (Å²) in [5.74, 6) is 0.0890. The van der Waals surface area contributed by atoms with Gasteiger partial charge in [-0.15, -0.1) is 11.3 Å². The lowest BCUT2D eigenvalue weighted by atomic mass is 10.00. The topological polar surface area (TPSA) is 49.9 Å². The van der Waals surface area contributed by atoms with Gasteiger partial charge in [0.05, 0.1) is 12.6 Å². The van der Waals surface area contributed by atoms with Crippen LogP contribution in [0.25, 0.3) is 0 Å². The van der Waals surface area contributed by atoms with Crippen LogP contribution in [0.4, 0.5) is 4.39 Å². The van der Waals surface area contributed by atoms with Gasteiger partial charge >= 0.3 is 0 Å². The first-order chi connectivity index (χ1) is 14.8. The van der Waals surface area contributed by atoms with E-state index in [0.717, 1.165) is 12.0 Å². The van der Waals surface area contributed by atoms with Crippen LogP contribution in [-0.2, 0) is 16.0 Å². The fourth-order valence-corrected chi connectivity index (χ4v) is 4.83. The molecule has 1 unspecified atom stereocenters. The molecule has 1 aromatic carbocycles. The molecule has 0 aliphatic carbocycles. The maximum atomic E-state index is 13.5. The second-order valence-electron chi connectivity index (χ2n) is 8.69. The molecule has 2 heterocycles. The number of halogens is 1. The number of amides is 2. The maximum absolute atomic E-state index is 13.5. The molecule has 1 aliphatic rings. The van der Waals surface area contributed by atoms with Crippen molar-refractivity contribution >= 4 is 23.2 Å². The molecule has 2 amide bonds. The Hall–Kier alpha value is -2.41. The molecule has 7 heteroatoms. The highest BCUT2D eigenvalue weighted by molar-refractivity contribution is 7.10. The Bertz CT molecular complexity index is 912. The lowest BCUT2D eigenvalue weighted by molar-refractivity contribution is -0.144. The lowest BCUT2D eigenvalue weighted by Gasteiger charge is -2.37. The van der Waals surface area contributed by atoms with Gasteiger partial charge in [-0.2, -0.15) is 0 Å². The van der Waals surface area contributed by atoms with Crippen LogP contribution in [0.5, 0.6) is 5.75 Å². The molecule has 31 heavy (non-hydrogen) atoms. The van der Waals surface area contributed by atoms with Crippen LogP contribution in [0.1, 0.15) is 44.2 Å². The summed E-state index contributed by atoms with van der Waals surface area (Å²) in [6.45, 7) is 9.22. The molecule has 1 aliphatic heterocycles. The summed E-state index contributed by atoms with van der Waals surface area (Å²) in [6, 6.07) is 7.79. The van der Waals surface area contributed by atoms with E-state index >= 15 is 0 Å². The fourth-order valence-electron chi connectivity index (χ4n) is 3.90. The minimum atomic E-state index is -0.359. The minimum Gasteiger partial charge on any atom is -0.491 e. The van der Waals surface area contributed by atoms with Crippen molar-refractivity contribution in [1.82, 2.24) is 9.80 Å². The third-order valence-corrected chi connectivity index (χ3v) is 6.33. The van der Waals surface area contributed by atoms with Crippen LogP contribution in [0.2, 0.25) is 0 Å². The third-order valence-electron chi connectivity index (χ3n) is 5.34. The van der Waals surface area contributed by atoms with Gasteiger partial charge in [0, 0.05) is 30.0 Å². The van der Waals surface area contributed by atoms with Crippen LogP contribution in [0, 0.1) is 17.7 Å². The van der Waals surface area contributed by atoms with Crippen LogP contribution in [0.15, 0.2) is 35.7 Å². The summed E-state index contributed by atoms with van der Waals surface area (Å²) < 4.78 is 19.4. The summed E-state index contributed by atoms with van der Waals surface area (Å²) in [5.41, 5.74) is 1.08. The van der Waals surface area contributed by atoms with Gasteiger partial charge in [-0.1, -0.05) is 33.8 Å². The van der Waals surface area contributed by atoms with Crippen molar-refractivity contribution in [2.75, 3.05) is 26.2 Å². The van der Waals surface area contributed by atoms with E-state index in [1.807, 2.05) is 44.0 Å². The van der Waals surface area contributed by atoms with Crippen molar-refractivity contribution in [2.24, 2.45) is 11.8 Å². The number of hydrogen-bond donors (Lipinski definition) is 0. The number of thiophene rings is 1. The smallest absolute Gasteiger partial charge is 0.242 e. The van der Waals surface area contributed by atoms with Gasteiger partial charge in [0.2, 0.25) is 11.8 Å². The number of hydrogen-bond acceptors (Lipinski definition) is 4. The standard InChI is InChI=1S/C24H31FN2O3S/c1-16(2)13-26(24(29)17(3)4)14-23(28)27-10-8-22-20(9-11-31-22)21(27)15-30-19-7-5-6-18(25)12-19/h5-7,9,11-12,16-17,21H,8,10,13-15H2,1-4H3. The van der Waals surface area contributed by atoms with Crippen LogP contribution in [0.3, 0.4) is 0 Å². The zero-order valence-corrected chi connectivity index (χ0v) is 19.5. The van der Waals surface area contributed by atoms with E-state index in [1.165, 1.54) is 17.0 Å². The molecule has 0 bridgehead atoms. The largest absolute Gasteiger partial charge is 0.491 e. The predicted octanol–water partition coefficient (Wildman–Crippen LogP) is 4.53. The van der Waals surface area contributed by atoms with Gasteiger partial charge in [0.25, 0.3) is 0 Å². The Morgan fingerprint density at radius 2 is 2.03 bits per heavy atom. The van der Waals surface area contributed by atoms with Crippen molar-refractivity contribution in [3.8, 4) is 5.75 Å². The van der Waals surface area contributed by atoms with E-state index < -0.39 is 0 Å². The van der Waals surface area contributed by atoms with E-state index in [2.05, 4.69) is 0 Å². The average Bonchev–Trinajstić information content (AvgIpc) is 3.19. The number of carbonyl (C=O) groups excluding carboxylic acids is 2. The second-order valence-corrected chi connectivity index (χ2v) is 9.69. The van der Waals surface area contributed by atoms with Gasteiger partial charge < -0.3 is 14.5 Å². The van der Waals surface area contributed by atoms with Crippen molar-refractivity contribution in [3.05, 3.63) is 52.0 Å². The molecule has 0 spiro atoms. The fraction of sp³-hybridized carbons (Fsp3) is 0.500. The lowest BCUT2D eigenvalue weighted by Crippen LogP contribution is -2.49. The number of rotatable bonds is 8. The van der Waals surface area contributed by atoms with Gasteiger partial charge in [-0.25, -0.2) is 4.39 Å². The van der Waals surface area contributed by atoms with E-state index in [-0.39, 0.29) is 48.7 Å². The van der Waals surface area contributed by atoms with Crippen LogP contribution >= 0.6 is 11.3 Å². The summed E-state index contributed by atoms with van der Waals surface area (Å²) in [6.07, 6.45) is 0.789. The number of nitrogens with zero attached hydrogens (tertiary/aromatic N) is 2. The monoisotopic (exact) mass is 446 g/mol. The summed E-state index contributed by atoms with van der Waals surface area (Å²) in [5, 5.41) is 2.03. The Morgan fingerprint density at radius 1 is 1.26 bits per heavy atom. The average molecular weight is 447 g/mol. The van der Waals surface area contributed by atoms with Crippen molar-refractivity contribution in [3.63, 3.8) is 0 Å². The van der Waals surface area contributed by atoms with E-state index in [1.54, 1.807) is 28.4 Å².